The van der Waals surface area contributed by atoms with Gasteiger partial charge in [0.05, 0.1) is 5.56 Å². The molecule has 1 aliphatic carbocycles. The molecule has 1 saturated carbocycles. The maximum Gasteiger partial charge on any atom is 0.338 e. The Bertz CT molecular complexity index is 838. The highest BCUT2D eigenvalue weighted by atomic mass is 16.5. The molecule has 0 unspecified atom stereocenters. The summed E-state index contributed by atoms with van der Waals surface area (Å²) >= 11 is 0. The molecule has 1 fully saturated rings. The van der Waals surface area contributed by atoms with Gasteiger partial charge in [0.2, 0.25) is 0 Å². The molecule has 0 bridgehead atoms. The monoisotopic (exact) mass is 367 g/mol. The van der Waals surface area contributed by atoms with E-state index in [4.69, 9.17) is 9.47 Å². The Morgan fingerprint density at radius 1 is 0.963 bits per heavy atom. The van der Waals surface area contributed by atoms with E-state index in [2.05, 4.69) is 5.32 Å². The fourth-order valence-electron chi connectivity index (χ4n) is 2.51. The number of carbonyl (C=O) groups is 3. The van der Waals surface area contributed by atoms with Gasteiger partial charge in [0.1, 0.15) is 5.75 Å². The predicted octanol–water partition coefficient (Wildman–Crippen LogP) is 3.10. The van der Waals surface area contributed by atoms with Gasteiger partial charge in [-0.15, -0.1) is 0 Å². The molecule has 2 aromatic rings. The van der Waals surface area contributed by atoms with Crippen molar-refractivity contribution < 1.29 is 23.9 Å². The van der Waals surface area contributed by atoms with Gasteiger partial charge < -0.3 is 14.8 Å². The van der Waals surface area contributed by atoms with Crippen molar-refractivity contribution in [2.45, 2.75) is 38.8 Å². The van der Waals surface area contributed by atoms with Gasteiger partial charge in [0.25, 0.3) is 5.91 Å². The molecule has 0 aromatic heterocycles. The van der Waals surface area contributed by atoms with E-state index < -0.39 is 12.1 Å². The molecule has 6 nitrogen and oxygen atoms in total. The number of esters is 2. The molecule has 0 spiro atoms. The summed E-state index contributed by atoms with van der Waals surface area (Å²) in [5, 5.41) is 2.81. The summed E-state index contributed by atoms with van der Waals surface area (Å²) in [4.78, 5) is 35.0. The fraction of sp³-hybridized carbons (Fsp3) is 0.286. The third kappa shape index (κ3) is 5.17. The molecular weight excluding hydrogens is 346 g/mol. The Morgan fingerprint density at radius 3 is 2.04 bits per heavy atom. The molecule has 0 radical (unpaired) electrons. The predicted molar refractivity (Wildman–Crippen MR) is 99.2 cm³/mol. The molecule has 140 valence electrons. The number of ether oxygens (including phenoxy) is 2. The van der Waals surface area contributed by atoms with Crippen LogP contribution in [-0.2, 0) is 14.3 Å². The van der Waals surface area contributed by atoms with E-state index in [1.807, 2.05) is 12.1 Å². The Balaban J connectivity index is 1.61. The normalized spacial score (nSPS) is 14.1. The van der Waals surface area contributed by atoms with E-state index >= 15 is 0 Å². The van der Waals surface area contributed by atoms with Crippen LogP contribution in [-0.4, -0.2) is 30.0 Å². The van der Waals surface area contributed by atoms with Crippen molar-refractivity contribution in [2.24, 2.45) is 0 Å². The van der Waals surface area contributed by atoms with Crippen molar-refractivity contribution in [3.8, 4) is 16.9 Å². The smallest absolute Gasteiger partial charge is 0.338 e. The molecule has 1 atom stereocenters. The van der Waals surface area contributed by atoms with Gasteiger partial charge in [0, 0.05) is 13.0 Å². The standard InChI is InChI=1S/C21H21NO5/c1-13(20(24)22-18-9-10-18)26-21(25)17-5-3-15(4-6-17)16-7-11-19(12-8-16)27-14(2)23/h3-8,11-13,18H,9-10H2,1-2H3,(H,22,24)/t13-/m1/s1. The zero-order chi connectivity index (χ0) is 19.4. The Hall–Kier alpha value is -3.15. The highest BCUT2D eigenvalue weighted by Gasteiger charge is 2.27. The first-order valence-electron chi connectivity index (χ1n) is 8.82. The maximum absolute atomic E-state index is 12.2. The molecule has 6 heteroatoms. The SMILES string of the molecule is CC(=O)Oc1ccc(-c2ccc(C(=O)O[C@H](C)C(=O)NC3CC3)cc2)cc1. The summed E-state index contributed by atoms with van der Waals surface area (Å²) in [5.74, 6) is -0.698. The molecule has 1 N–H and O–H groups in total. The lowest BCUT2D eigenvalue weighted by molar-refractivity contribution is -0.132. The van der Waals surface area contributed by atoms with Gasteiger partial charge in [-0.05, 0) is 55.2 Å². The van der Waals surface area contributed by atoms with Crippen LogP contribution in [0.25, 0.3) is 11.1 Å². The largest absolute Gasteiger partial charge is 0.449 e. The summed E-state index contributed by atoms with van der Waals surface area (Å²) in [6.07, 6.45) is 1.14. The number of hydrogen-bond acceptors (Lipinski definition) is 5. The first-order chi connectivity index (χ1) is 12.9. The average Bonchev–Trinajstić information content (AvgIpc) is 3.46. The molecule has 3 rings (SSSR count). The summed E-state index contributed by atoms with van der Waals surface area (Å²) in [6, 6.07) is 14.2. The zero-order valence-electron chi connectivity index (χ0n) is 15.2. The van der Waals surface area contributed by atoms with Crippen molar-refractivity contribution in [3.05, 3.63) is 54.1 Å². The van der Waals surface area contributed by atoms with Gasteiger partial charge in [-0.25, -0.2) is 4.79 Å². The van der Waals surface area contributed by atoms with Gasteiger partial charge >= 0.3 is 11.9 Å². The van der Waals surface area contributed by atoms with E-state index in [1.54, 1.807) is 43.3 Å². The zero-order valence-corrected chi connectivity index (χ0v) is 15.2. The van der Waals surface area contributed by atoms with Gasteiger partial charge in [-0.1, -0.05) is 24.3 Å². The van der Waals surface area contributed by atoms with Crippen LogP contribution in [0.3, 0.4) is 0 Å². The molecule has 2 aromatic carbocycles. The lowest BCUT2D eigenvalue weighted by Crippen LogP contribution is -2.37. The second kappa shape index (κ2) is 8.03. The van der Waals surface area contributed by atoms with E-state index in [1.165, 1.54) is 6.92 Å². The highest BCUT2D eigenvalue weighted by molar-refractivity contribution is 5.92. The van der Waals surface area contributed by atoms with Crippen LogP contribution < -0.4 is 10.1 Å². The van der Waals surface area contributed by atoms with Gasteiger partial charge in [0.15, 0.2) is 6.10 Å². The molecule has 0 aliphatic heterocycles. The Kier molecular flexibility index (Phi) is 5.54. The minimum atomic E-state index is -0.827. The third-order valence-corrected chi connectivity index (χ3v) is 4.15. The Labute approximate surface area is 157 Å². The van der Waals surface area contributed by atoms with Crippen LogP contribution in [0.2, 0.25) is 0 Å². The van der Waals surface area contributed by atoms with Crippen LogP contribution in [0.1, 0.15) is 37.0 Å². The number of amides is 1. The second-order valence-corrected chi connectivity index (χ2v) is 6.53. The summed E-state index contributed by atoms with van der Waals surface area (Å²) < 4.78 is 10.2. The highest BCUT2D eigenvalue weighted by Crippen LogP contribution is 2.23. The summed E-state index contributed by atoms with van der Waals surface area (Å²) in [7, 11) is 0. The van der Waals surface area contributed by atoms with Crippen molar-refractivity contribution in [3.63, 3.8) is 0 Å². The van der Waals surface area contributed by atoms with E-state index in [0.717, 1.165) is 24.0 Å². The van der Waals surface area contributed by atoms with E-state index in [0.29, 0.717) is 11.3 Å². The van der Waals surface area contributed by atoms with Crippen molar-refractivity contribution >= 4 is 17.8 Å². The van der Waals surface area contributed by atoms with Crippen LogP contribution >= 0.6 is 0 Å². The van der Waals surface area contributed by atoms with Gasteiger partial charge in [-0.3, -0.25) is 9.59 Å². The second-order valence-electron chi connectivity index (χ2n) is 6.53. The topological polar surface area (TPSA) is 81.7 Å². The maximum atomic E-state index is 12.2. The lowest BCUT2D eigenvalue weighted by Gasteiger charge is -2.13. The van der Waals surface area contributed by atoms with Crippen molar-refractivity contribution in [1.82, 2.24) is 5.32 Å². The van der Waals surface area contributed by atoms with Crippen molar-refractivity contribution in [2.75, 3.05) is 0 Å². The summed E-state index contributed by atoms with van der Waals surface area (Å²) in [5.41, 5.74) is 2.20. The number of benzene rings is 2. The molecule has 0 heterocycles. The minimum absolute atomic E-state index is 0.227. The van der Waals surface area contributed by atoms with Crippen molar-refractivity contribution in [1.29, 1.82) is 0 Å². The van der Waals surface area contributed by atoms with Crippen LogP contribution in [0.5, 0.6) is 5.75 Å². The van der Waals surface area contributed by atoms with Gasteiger partial charge in [-0.2, -0.15) is 0 Å². The average molecular weight is 367 g/mol. The first-order valence-corrected chi connectivity index (χ1v) is 8.82. The van der Waals surface area contributed by atoms with Crippen LogP contribution in [0.4, 0.5) is 0 Å². The third-order valence-electron chi connectivity index (χ3n) is 4.15. The molecule has 1 aliphatic rings. The number of rotatable bonds is 6. The van der Waals surface area contributed by atoms with Crippen LogP contribution in [0, 0.1) is 0 Å². The molecule has 0 saturated heterocycles. The number of hydrogen-bond donors (Lipinski definition) is 1. The quantitative estimate of drug-likeness (QED) is 0.627. The van der Waals surface area contributed by atoms with E-state index in [-0.39, 0.29) is 17.9 Å². The van der Waals surface area contributed by atoms with E-state index in [9.17, 15) is 14.4 Å². The number of nitrogens with one attached hydrogen (secondary N) is 1. The fourth-order valence-corrected chi connectivity index (χ4v) is 2.51. The minimum Gasteiger partial charge on any atom is -0.449 e. The Morgan fingerprint density at radius 2 is 1.52 bits per heavy atom. The van der Waals surface area contributed by atoms with Crippen LogP contribution in [0.15, 0.2) is 48.5 Å². The summed E-state index contributed by atoms with van der Waals surface area (Å²) in [6.45, 7) is 2.91. The molecule has 1 amide bonds. The molecule has 27 heavy (non-hydrogen) atoms. The number of carbonyl (C=O) groups excluding carboxylic acids is 3. The lowest BCUT2D eigenvalue weighted by atomic mass is 10.0. The first kappa shape index (κ1) is 18.6. The molecular formula is C21H21NO5.